The summed E-state index contributed by atoms with van der Waals surface area (Å²) in [6, 6.07) is 11.9. The van der Waals surface area contributed by atoms with Gasteiger partial charge < -0.3 is 19.5 Å². The molecule has 0 aromatic heterocycles. The number of hydrogen-bond donors (Lipinski definition) is 1. The molecule has 0 aliphatic carbocycles. The van der Waals surface area contributed by atoms with E-state index >= 15 is 0 Å². The molecule has 1 fully saturated rings. The van der Waals surface area contributed by atoms with E-state index < -0.39 is 41.2 Å². The van der Waals surface area contributed by atoms with Crippen LogP contribution in [0.3, 0.4) is 0 Å². The van der Waals surface area contributed by atoms with E-state index in [1.165, 1.54) is 19.3 Å². The quantitative estimate of drug-likeness (QED) is 0.178. The Morgan fingerprint density at radius 1 is 1.05 bits per heavy atom. The Morgan fingerprint density at radius 3 is 2.44 bits per heavy atom. The number of benzene rings is 3. The van der Waals surface area contributed by atoms with Gasteiger partial charge in [0.05, 0.1) is 29.9 Å². The maximum atomic E-state index is 14.0. The molecule has 8 nitrogen and oxygen atoms in total. The number of amides is 3. The van der Waals surface area contributed by atoms with Crippen molar-refractivity contribution < 1.29 is 46.2 Å². The molecule has 0 saturated carbocycles. The summed E-state index contributed by atoms with van der Waals surface area (Å²) < 4.78 is 70.4. The fourth-order valence-corrected chi connectivity index (χ4v) is 5.17. The van der Waals surface area contributed by atoms with Crippen molar-refractivity contribution in [3.05, 3.63) is 86.5 Å². The zero-order valence-electron chi connectivity index (χ0n) is 22.6. The average Bonchev–Trinajstić information content (AvgIpc) is 3.21. The zero-order chi connectivity index (χ0) is 31.3. The number of halogens is 5. The lowest BCUT2D eigenvalue weighted by molar-refractivity contribution is -0.137. The number of alkyl halides is 3. The van der Waals surface area contributed by atoms with Gasteiger partial charge in [0.2, 0.25) is 5.91 Å². The van der Waals surface area contributed by atoms with Crippen molar-refractivity contribution >= 4 is 56.5 Å². The van der Waals surface area contributed by atoms with E-state index in [0.29, 0.717) is 49.8 Å². The van der Waals surface area contributed by atoms with Crippen LogP contribution in [0.15, 0.2) is 64.0 Å². The molecule has 14 heteroatoms. The van der Waals surface area contributed by atoms with Crippen molar-refractivity contribution in [1.29, 1.82) is 0 Å². The van der Waals surface area contributed by atoms with Crippen molar-refractivity contribution in [1.82, 2.24) is 4.90 Å². The molecule has 1 aliphatic rings. The summed E-state index contributed by atoms with van der Waals surface area (Å²) in [4.78, 5) is 39.0. The van der Waals surface area contributed by atoms with Crippen molar-refractivity contribution in [2.75, 3.05) is 25.6 Å². The van der Waals surface area contributed by atoms with Crippen LogP contribution in [0.5, 0.6) is 17.2 Å². The lowest BCUT2D eigenvalue weighted by atomic mass is 10.1. The predicted molar refractivity (Wildman–Crippen MR) is 155 cm³/mol. The highest BCUT2D eigenvalue weighted by atomic mass is 79.9. The summed E-state index contributed by atoms with van der Waals surface area (Å²) >= 11 is 4.00. The number of imide groups is 1. The van der Waals surface area contributed by atoms with Gasteiger partial charge in [-0.2, -0.15) is 13.2 Å². The summed E-state index contributed by atoms with van der Waals surface area (Å²) in [5.41, 5.74) is -0.493. The third-order valence-corrected chi connectivity index (χ3v) is 7.56. The maximum Gasteiger partial charge on any atom is 0.416 e. The molecule has 4 rings (SSSR count). The van der Waals surface area contributed by atoms with Crippen LogP contribution in [0.2, 0.25) is 0 Å². The molecule has 1 saturated heterocycles. The first-order valence-electron chi connectivity index (χ1n) is 12.5. The summed E-state index contributed by atoms with van der Waals surface area (Å²) in [6.07, 6.45) is -3.24. The minimum atomic E-state index is -4.66. The maximum absolute atomic E-state index is 14.0. The molecule has 0 unspecified atom stereocenters. The minimum absolute atomic E-state index is 0.00220. The number of thioether (sulfide) groups is 1. The lowest BCUT2D eigenvalue weighted by Gasteiger charge is -2.16. The molecule has 3 aromatic carbocycles. The SMILES string of the molecule is CCOc1cc(/C=C2\SC(=O)N(CC(=O)Nc3cc(C(F)(F)F)ccc3OC)C2=O)c(Br)cc1OCc1ccccc1F. The first kappa shape index (κ1) is 31.9. The van der Waals surface area contributed by atoms with E-state index in [4.69, 9.17) is 14.2 Å². The largest absolute Gasteiger partial charge is 0.495 e. The minimum Gasteiger partial charge on any atom is -0.495 e. The number of carbonyl (C=O) groups is 3. The molecule has 3 amide bonds. The van der Waals surface area contributed by atoms with E-state index in [1.54, 1.807) is 37.3 Å². The van der Waals surface area contributed by atoms with E-state index in [0.717, 1.165) is 12.1 Å². The number of ether oxygens (including phenoxy) is 3. The van der Waals surface area contributed by atoms with E-state index in [2.05, 4.69) is 21.2 Å². The van der Waals surface area contributed by atoms with Crippen LogP contribution < -0.4 is 19.5 Å². The van der Waals surface area contributed by atoms with Crippen LogP contribution >= 0.6 is 27.7 Å². The summed E-state index contributed by atoms with van der Waals surface area (Å²) in [7, 11) is 1.22. The summed E-state index contributed by atoms with van der Waals surface area (Å²) in [6.45, 7) is 1.23. The molecule has 0 radical (unpaired) electrons. The second-order valence-electron chi connectivity index (χ2n) is 8.86. The van der Waals surface area contributed by atoms with Gasteiger partial charge >= 0.3 is 6.18 Å². The van der Waals surface area contributed by atoms with Gasteiger partial charge in [-0.25, -0.2) is 4.39 Å². The number of nitrogens with zero attached hydrogens (tertiary/aromatic N) is 1. The van der Waals surface area contributed by atoms with Crippen LogP contribution in [0.25, 0.3) is 6.08 Å². The second-order valence-corrected chi connectivity index (χ2v) is 10.7. The molecular weight excluding hydrogens is 660 g/mol. The zero-order valence-corrected chi connectivity index (χ0v) is 25.0. The Bertz CT molecular complexity index is 1600. The van der Waals surface area contributed by atoms with Crippen molar-refractivity contribution in [2.45, 2.75) is 19.7 Å². The summed E-state index contributed by atoms with van der Waals surface area (Å²) in [5.74, 6) is -1.52. The number of methoxy groups -OCH3 is 1. The highest BCUT2D eigenvalue weighted by molar-refractivity contribution is 9.10. The number of nitrogens with one attached hydrogen (secondary N) is 1. The number of hydrogen-bond acceptors (Lipinski definition) is 7. The Kier molecular flexibility index (Phi) is 10.0. The van der Waals surface area contributed by atoms with Gasteiger partial charge in [0, 0.05) is 10.0 Å². The van der Waals surface area contributed by atoms with Crippen molar-refractivity contribution in [2.24, 2.45) is 0 Å². The molecule has 43 heavy (non-hydrogen) atoms. The molecule has 0 atom stereocenters. The van der Waals surface area contributed by atoms with Crippen molar-refractivity contribution in [3.8, 4) is 17.2 Å². The Hall–Kier alpha value is -4.04. The molecule has 1 heterocycles. The molecule has 3 aromatic rings. The Balaban J connectivity index is 1.51. The Morgan fingerprint density at radius 2 is 1.77 bits per heavy atom. The van der Waals surface area contributed by atoms with Gasteiger partial charge in [0.25, 0.3) is 11.1 Å². The van der Waals surface area contributed by atoms with Crippen molar-refractivity contribution in [3.63, 3.8) is 0 Å². The van der Waals surface area contributed by atoms with Crippen LogP contribution in [0.4, 0.5) is 28.0 Å². The fourth-order valence-electron chi connectivity index (χ4n) is 3.91. The first-order chi connectivity index (χ1) is 20.4. The molecule has 0 spiro atoms. The van der Waals surface area contributed by atoms with Gasteiger partial charge in [-0.15, -0.1) is 0 Å². The number of anilines is 1. The van der Waals surface area contributed by atoms with E-state index in [1.807, 2.05) is 0 Å². The number of rotatable bonds is 10. The highest BCUT2D eigenvalue weighted by Gasteiger charge is 2.37. The molecule has 1 N–H and O–H groups in total. The predicted octanol–water partition coefficient (Wildman–Crippen LogP) is 7.27. The molecular formula is C29H23BrF4N2O6S. The lowest BCUT2D eigenvalue weighted by Crippen LogP contribution is -2.36. The summed E-state index contributed by atoms with van der Waals surface area (Å²) in [5, 5.41) is 1.53. The van der Waals surface area contributed by atoms with Crippen LogP contribution in [0.1, 0.15) is 23.6 Å². The smallest absolute Gasteiger partial charge is 0.416 e. The van der Waals surface area contributed by atoms with Crippen LogP contribution in [0, 0.1) is 5.82 Å². The molecule has 1 aliphatic heterocycles. The fraction of sp³-hybridized carbons (Fsp3) is 0.207. The van der Waals surface area contributed by atoms with Gasteiger partial charge in [-0.1, -0.05) is 34.1 Å². The van der Waals surface area contributed by atoms with Crippen LogP contribution in [-0.4, -0.2) is 42.2 Å². The standard InChI is InChI=1S/C29H23BrF4N2O6S/c1-3-41-23-10-17(19(30)13-24(23)42-15-16-6-4-5-7-20(16)31)11-25-27(38)36(28(39)43-25)14-26(37)35-21-12-18(29(32,33)34)8-9-22(21)40-2/h4-13H,3,14-15H2,1-2H3,(H,35,37)/b25-11-. The van der Waals surface area contributed by atoms with Gasteiger partial charge in [-0.05, 0) is 66.7 Å². The first-order valence-corrected chi connectivity index (χ1v) is 14.1. The van der Waals surface area contributed by atoms with Gasteiger partial charge in [0.15, 0.2) is 11.5 Å². The average molecular weight is 683 g/mol. The normalized spacial score (nSPS) is 14.3. The number of carbonyl (C=O) groups excluding carboxylic acids is 3. The van der Waals surface area contributed by atoms with E-state index in [-0.39, 0.29) is 29.6 Å². The Labute approximate surface area is 256 Å². The monoisotopic (exact) mass is 682 g/mol. The van der Waals surface area contributed by atoms with Gasteiger partial charge in [0.1, 0.15) is 24.7 Å². The van der Waals surface area contributed by atoms with E-state index in [9.17, 15) is 31.9 Å². The molecule has 226 valence electrons. The van der Waals surface area contributed by atoms with Gasteiger partial charge in [-0.3, -0.25) is 19.3 Å². The van der Waals surface area contributed by atoms with Crippen LogP contribution in [-0.2, 0) is 22.4 Å². The third kappa shape index (κ3) is 7.68. The molecule has 0 bridgehead atoms. The topological polar surface area (TPSA) is 94.2 Å². The second kappa shape index (κ2) is 13.5. The third-order valence-electron chi connectivity index (χ3n) is 5.97. The highest BCUT2D eigenvalue weighted by Crippen LogP contribution is 2.39.